The Balaban J connectivity index is 2.83. The minimum absolute atomic E-state index is 0.00268. The van der Waals surface area contributed by atoms with Gasteiger partial charge in [0.05, 0.1) is 10.0 Å². The molecule has 108 valence electrons. The molecule has 0 unspecified atom stereocenters. The van der Waals surface area contributed by atoms with Crippen LogP contribution in [-0.2, 0) is 0 Å². The molecule has 0 spiro atoms. The van der Waals surface area contributed by atoms with Gasteiger partial charge in [-0.25, -0.2) is 0 Å². The summed E-state index contributed by atoms with van der Waals surface area (Å²) < 4.78 is 28.5. The van der Waals surface area contributed by atoms with Gasteiger partial charge in [0, 0.05) is 24.3 Å². The van der Waals surface area contributed by atoms with E-state index in [4.69, 9.17) is 28.3 Å². The first-order valence-electron chi connectivity index (χ1n) is 5.54. The molecule has 0 saturated carbocycles. The van der Waals surface area contributed by atoms with Gasteiger partial charge in [0.25, 0.3) is 0 Å². The van der Waals surface area contributed by atoms with Gasteiger partial charge >= 0.3 is 6.61 Å². The number of aliphatic hydroxyl groups is 1. The summed E-state index contributed by atoms with van der Waals surface area (Å²) in [4.78, 5) is 0. The number of rotatable bonds is 6. The van der Waals surface area contributed by atoms with Crippen molar-refractivity contribution in [1.82, 2.24) is 0 Å². The van der Waals surface area contributed by atoms with E-state index < -0.39 is 6.61 Å². The lowest BCUT2D eigenvalue weighted by molar-refractivity contribution is -0.0497. The Bertz CT molecular complexity index is 419. The quantitative estimate of drug-likeness (QED) is 0.833. The highest BCUT2D eigenvalue weighted by atomic mass is 35.5. The first kappa shape index (κ1) is 16.3. The van der Waals surface area contributed by atoms with Gasteiger partial charge in [-0.3, -0.25) is 0 Å². The number of aliphatic hydroxyl groups excluding tert-OH is 1. The van der Waals surface area contributed by atoms with Crippen molar-refractivity contribution in [2.24, 2.45) is 5.41 Å². The summed E-state index contributed by atoms with van der Waals surface area (Å²) in [5.41, 5.74) is 0.245. The molecule has 0 aliphatic rings. The number of anilines is 1. The Kier molecular flexibility index (Phi) is 5.64. The van der Waals surface area contributed by atoms with Gasteiger partial charge in [-0.1, -0.05) is 37.0 Å². The van der Waals surface area contributed by atoms with Crippen LogP contribution in [0.1, 0.15) is 13.8 Å². The normalized spacial score (nSPS) is 11.8. The molecule has 0 heterocycles. The van der Waals surface area contributed by atoms with Crippen LogP contribution in [0.4, 0.5) is 14.5 Å². The second kappa shape index (κ2) is 6.59. The van der Waals surface area contributed by atoms with Crippen molar-refractivity contribution < 1.29 is 18.6 Å². The molecular formula is C12H15Cl2F2NO2. The van der Waals surface area contributed by atoms with Crippen LogP contribution in [0.2, 0.25) is 10.0 Å². The molecule has 19 heavy (non-hydrogen) atoms. The zero-order valence-corrected chi connectivity index (χ0v) is 12.0. The lowest BCUT2D eigenvalue weighted by Gasteiger charge is -2.23. The molecule has 1 aromatic carbocycles. The van der Waals surface area contributed by atoms with E-state index >= 15 is 0 Å². The number of hydrogen-bond acceptors (Lipinski definition) is 3. The highest BCUT2D eigenvalue weighted by Crippen LogP contribution is 2.37. The molecular weight excluding hydrogens is 299 g/mol. The minimum atomic E-state index is -2.98. The van der Waals surface area contributed by atoms with E-state index in [0.717, 1.165) is 0 Å². The van der Waals surface area contributed by atoms with E-state index in [-0.39, 0.29) is 27.8 Å². The first-order valence-corrected chi connectivity index (χ1v) is 6.29. The number of benzene rings is 1. The fourth-order valence-corrected chi connectivity index (χ4v) is 1.84. The summed E-state index contributed by atoms with van der Waals surface area (Å²) in [6.45, 7) is 1.25. The highest BCUT2D eigenvalue weighted by Gasteiger charge is 2.18. The molecule has 2 N–H and O–H groups in total. The van der Waals surface area contributed by atoms with E-state index in [1.54, 1.807) is 0 Å². The molecule has 0 aliphatic carbocycles. The average Bonchev–Trinajstić information content (AvgIpc) is 2.31. The van der Waals surface area contributed by atoms with Crippen LogP contribution < -0.4 is 10.1 Å². The van der Waals surface area contributed by atoms with E-state index in [0.29, 0.717) is 12.2 Å². The van der Waals surface area contributed by atoms with Crippen molar-refractivity contribution in [3.8, 4) is 5.75 Å². The monoisotopic (exact) mass is 313 g/mol. The molecule has 0 fully saturated rings. The third-order valence-corrected chi connectivity index (χ3v) is 2.97. The molecule has 0 amide bonds. The largest absolute Gasteiger partial charge is 0.432 e. The number of hydrogen-bond donors (Lipinski definition) is 2. The lowest BCUT2D eigenvalue weighted by atomic mass is 9.95. The molecule has 0 aliphatic heterocycles. The Hall–Kier alpha value is -0.780. The maximum absolute atomic E-state index is 12.1. The van der Waals surface area contributed by atoms with Crippen molar-refractivity contribution in [2.45, 2.75) is 20.5 Å². The van der Waals surface area contributed by atoms with Crippen LogP contribution in [0, 0.1) is 5.41 Å². The highest BCUT2D eigenvalue weighted by molar-refractivity contribution is 6.37. The summed E-state index contributed by atoms with van der Waals surface area (Å²) in [5.74, 6) is -0.245. The van der Waals surface area contributed by atoms with Crippen LogP contribution in [0.3, 0.4) is 0 Å². The van der Waals surface area contributed by atoms with Crippen LogP contribution in [0.5, 0.6) is 5.75 Å². The zero-order chi connectivity index (χ0) is 14.6. The lowest BCUT2D eigenvalue weighted by Crippen LogP contribution is -2.26. The predicted molar refractivity (Wildman–Crippen MR) is 72.5 cm³/mol. The molecule has 0 bridgehead atoms. The second-order valence-corrected chi connectivity index (χ2v) is 5.64. The third-order valence-electron chi connectivity index (χ3n) is 2.40. The van der Waals surface area contributed by atoms with Crippen LogP contribution in [-0.4, -0.2) is 24.9 Å². The summed E-state index contributed by atoms with van der Waals surface area (Å²) in [7, 11) is 0. The van der Waals surface area contributed by atoms with Gasteiger partial charge < -0.3 is 15.2 Å². The predicted octanol–water partition coefficient (Wildman–Crippen LogP) is 4.03. The number of ether oxygens (including phenoxy) is 1. The summed E-state index contributed by atoms with van der Waals surface area (Å²) >= 11 is 11.7. The smallest absolute Gasteiger partial charge is 0.387 e. The molecule has 0 atom stereocenters. The van der Waals surface area contributed by atoms with Crippen molar-refractivity contribution >= 4 is 28.9 Å². The van der Waals surface area contributed by atoms with Gasteiger partial charge in [-0.2, -0.15) is 8.78 Å². The molecule has 0 radical (unpaired) electrons. The second-order valence-electron chi connectivity index (χ2n) is 4.82. The van der Waals surface area contributed by atoms with Gasteiger partial charge in [0.1, 0.15) is 0 Å². The first-order chi connectivity index (χ1) is 8.75. The zero-order valence-electron chi connectivity index (χ0n) is 10.5. The van der Waals surface area contributed by atoms with Gasteiger partial charge in [0.2, 0.25) is 0 Å². The Labute approximate surface area is 120 Å². The standard InChI is InChI=1S/C12H15Cl2F2NO2/c1-12(2,6-18)5-17-7-3-8(13)10(9(14)4-7)19-11(15)16/h3-4,11,17-18H,5-6H2,1-2H3. The Morgan fingerprint density at radius 1 is 1.32 bits per heavy atom. The number of nitrogens with one attached hydrogen (secondary N) is 1. The maximum atomic E-state index is 12.1. The Morgan fingerprint density at radius 2 is 1.84 bits per heavy atom. The van der Waals surface area contributed by atoms with Gasteiger partial charge in [0.15, 0.2) is 5.75 Å². The van der Waals surface area contributed by atoms with Crippen LogP contribution >= 0.6 is 23.2 Å². The SMILES string of the molecule is CC(C)(CO)CNc1cc(Cl)c(OC(F)F)c(Cl)c1. The fraction of sp³-hybridized carbons (Fsp3) is 0.500. The molecule has 0 aromatic heterocycles. The van der Waals surface area contributed by atoms with Crippen molar-refractivity contribution in [1.29, 1.82) is 0 Å². The number of halogens is 4. The van der Waals surface area contributed by atoms with Crippen molar-refractivity contribution in [3.05, 3.63) is 22.2 Å². The fourth-order valence-electron chi connectivity index (χ4n) is 1.26. The van der Waals surface area contributed by atoms with Gasteiger partial charge in [-0.05, 0) is 12.1 Å². The Morgan fingerprint density at radius 3 is 2.26 bits per heavy atom. The summed E-state index contributed by atoms with van der Waals surface area (Å²) in [6, 6.07) is 2.89. The molecule has 0 saturated heterocycles. The van der Waals surface area contributed by atoms with Crippen LogP contribution in [0.25, 0.3) is 0 Å². The topological polar surface area (TPSA) is 41.5 Å². The summed E-state index contributed by atoms with van der Waals surface area (Å²) in [6.07, 6.45) is 0. The molecule has 7 heteroatoms. The van der Waals surface area contributed by atoms with E-state index in [1.165, 1.54) is 12.1 Å². The van der Waals surface area contributed by atoms with Crippen molar-refractivity contribution in [3.63, 3.8) is 0 Å². The molecule has 1 rings (SSSR count). The van der Waals surface area contributed by atoms with Gasteiger partial charge in [-0.15, -0.1) is 0 Å². The molecule has 1 aromatic rings. The van der Waals surface area contributed by atoms with E-state index in [2.05, 4.69) is 10.1 Å². The van der Waals surface area contributed by atoms with E-state index in [1.807, 2.05) is 13.8 Å². The number of alkyl halides is 2. The maximum Gasteiger partial charge on any atom is 0.387 e. The summed E-state index contributed by atoms with van der Waals surface area (Å²) in [5, 5.41) is 12.1. The minimum Gasteiger partial charge on any atom is -0.432 e. The van der Waals surface area contributed by atoms with Crippen molar-refractivity contribution in [2.75, 3.05) is 18.5 Å². The third kappa shape index (κ3) is 5.01. The average molecular weight is 314 g/mol. The van der Waals surface area contributed by atoms with E-state index in [9.17, 15) is 8.78 Å². The molecule has 3 nitrogen and oxygen atoms in total. The van der Waals surface area contributed by atoms with Crippen LogP contribution in [0.15, 0.2) is 12.1 Å².